The zero-order valence-electron chi connectivity index (χ0n) is 15.0. The molecular formula is C20H22BrN3O2. The van der Waals surface area contributed by atoms with E-state index >= 15 is 0 Å². The van der Waals surface area contributed by atoms with Crippen molar-refractivity contribution in [3.63, 3.8) is 0 Å². The van der Waals surface area contributed by atoms with Gasteiger partial charge >= 0.3 is 0 Å². The largest absolute Gasteiger partial charge is 0.495 e. The molecule has 0 fully saturated rings. The predicted octanol–water partition coefficient (Wildman–Crippen LogP) is 3.84. The number of amides is 1. The predicted molar refractivity (Wildman–Crippen MR) is 106 cm³/mol. The maximum atomic E-state index is 12.9. The molecule has 0 unspecified atom stereocenters. The fraction of sp³-hybridized carbons (Fsp3) is 0.300. The third kappa shape index (κ3) is 5.58. The van der Waals surface area contributed by atoms with Crippen LogP contribution in [0.2, 0.25) is 0 Å². The lowest BCUT2D eigenvalue weighted by Gasteiger charge is -2.26. The van der Waals surface area contributed by atoms with E-state index in [0.717, 1.165) is 10.0 Å². The fourth-order valence-electron chi connectivity index (χ4n) is 2.67. The van der Waals surface area contributed by atoms with Gasteiger partial charge in [0.1, 0.15) is 5.75 Å². The number of ether oxygens (including phenoxy) is 1. The quantitative estimate of drug-likeness (QED) is 0.656. The standard InChI is InChI=1S/C20H22BrN3O2/c1-23(14-16-8-10-17(21)11-9-16)15-20(25)24(13-5-12-22)18-6-3-4-7-19(18)26-2/h3-4,6-11H,5,13-15H2,1-2H3. The maximum Gasteiger partial charge on any atom is 0.241 e. The molecule has 1 amide bonds. The summed E-state index contributed by atoms with van der Waals surface area (Å²) in [7, 11) is 3.48. The number of hydrogen-bond acceptors (Lipinski definition) is 4. The summed E-state index contributed by atoms with van der Waals surface area (Å²) in [6.07, 6.45) is 0.264. The van der Waals surface area contributed by atoms with Crippen LogP contribution in [0.4, 0.5) is 5.69 Å². The van der Waals surface area contributed by atoms with Crippen LogP contribution in [0, 0.1) is 11.3 Å². The molecule has 0 saturated heterocycles. The molecule has 0 aliphatic heterocycles. The summed E-state index contributed by atoms with van der Waals surface area (Å²) in [6, 6.07) is 17.5. The summed E-state index contributed by atoms with van der Waals surface area (Å²) >= 11 is 3.42. The minimum atomic E-state index is -0.0654. The first kappa shape index (κ1) is 20.0. The molecule has 0 radical (unpaired) electrons. The van der Waals surface area contributed by atoms with Crippen molar-refractivity contribution in [3.8, 4) is 11.8 Å². The Balaban J connectivity index is 2.10. The smallest absolute Gasteiger partial charge is 0.241 e. The molecule has 0 aliphatic carbocycles. The first-order valence-corrected chi connectivity index (χ1v) is 9.07. The van der Waals surface area contributed by atoms with Crippen molar-refractivity contribution >= 4 is 27.5 Å². The Hall–Kier alpha value is -2.36. The Morgan fingerprint density at radius 1 is 1.19 bits per heavy atom. The Kier molecular flexibility index (Phi) is 7.64. The van der Waals surface area contributed by atoms with E-state index in [4.69, 9.17) is 10.00 Å². The van der Waals surface area contributed by atoms with Crippen LogP contribution in [-0.4, -0.2) is 38.1 Å². The second-order valence-electron chi connectivity index (χ2n) is 5.92. The summed E-state index contributed by atoms with van der Waals surface area (Å²) in [5.74, 6) is 0.554. The lowest BCUT2D eigenvalue weighted by Crippen LogP contribution is -2.39. The highest BCUT2D eigenvalue weighted by Gasteiger charge is 2.20. The lowest BCUT2D eigenvalue weighted by molar-refractivity contribution is -0.119. The van der Waals surface area contributed by atoms with Gasteiger partial charge in [0.05, 0.1) is 31.8 Å². The summed E-state index contributed by atoms with van der Waals surface area (Å²) in [4.78, 5) is 16.5. The van der Waals surface area contributed by atoms with Crippen molar-refractivity contribution < 1.29 is 9.53 Å². The molecule has 0 bridgehead atoms. The van der Waals surface area contributed by atoms with Crippen LogP contribution in [0.3, 0.4) is 0 Å². The third-order valence-corrected chi connectivity index (χ3v) is 4.42. The van der Waals surface area contributed by atoms with Crippen molar-refractivity contribution in [1.82, 2.24) is 4.90 Å². The molecule has 2 aromatic carbocycles. The Morgan fingerprint density at radius 2 is 1.88 bits per heavy atom. The number of para-hydroxylation sites is 2. The van der Waals surface area contributed by atoms with Gasteiger partial charge in [-0.15, -0.1) is 0 Å². The number of rotatable bonds is 8. The first-order valence-electron chi connectivity index (χ1n) is 8.28. The van der Waals surface area contributed by atoms with E-state index in [-0.39, 0.29) is 18.9 Å². The van der Waals surface area contributed by atoms with Crippen molar-refractivity contribution in [3.05, 3.63) is 58.6 Å². The van der Waals surface area contributed by atoms with Gasteiger partial charge in [-0.2, -0.15) is 5.26 Å². The highest BCUT2D eigenvalue weighted by Crippen LogP contribution is 2.28. The molecule has 26 heavy (non-hydrogen) atoms. The third-order valence-electron chi connectivity index (χ3n) is 3.90. The molecule has 0 atom stereocenters. The van der Waals surface area contributed by atoms with E-state index in [0.29, 0.717) is 24.5 Å². The fourth-order valence-corrected chi connectivity index (χ4v) is 2.93. The highest BCUT2D eigenvalue weighted by molar-refractivity contribution is 9.10. The number of carbonyl (C=O) groups excluding carboxylic acids is 1. The molecule has 0 saturated carbocycles. The average Bonchev–Trinajstić information content (AvgIpc) is 2.64. The highest BCUT2D eigenvalue weighted by atomic mass is 79.9. The molecule has 5 nitrogen and oxygen atoms in total. The number of likely N-dealkylation sites (N-methyl/N-ethyl adjacent to an activating group) is 1. The van der Waals surface area contributed by atoms with Crippen LogP contribution >= 0.6 is 15.9 Å². The van der Waals surface area contributed by atoms with Gasteiger partial charge in [-0.05, 0) is 36.9 Å². The van der Waals surface area contributed by atoms with Gasteiger partial charge < -0.3 is 9.64 Å². The zero-order chi connectivity index (χ0) is 18.9. The summed E-state index contributed by atoms with van der Waals surface area (Å²) in [5, 5.41) is 8.94. The molecule has 0 spiro atoms. The number of hydrogen-bond donors (Lipinski definition) is 0. The van der Waals surface area contributed by atoms with Gasteiger partial charge in [0, 0.05) is 17.6 Å². The number of anilines is 1. The molecule has 0 aromatic heterocycles. The lowest BCUT2D eigenvalue weighted by atomic mass is 10.2. The number of methoxy groups -OCH3 is 1. The minimum absolute atomic E-state index is 0.0654. The van der Waals surface area contributed by atoms with Crippen molar-refractivity contribution in [1.29, 1.82) is 5.26 Å². The monoisotopic (exact) mass is 415 g/mol. The van der Waals surface area contributed by atoms with Crippen LogP contribution in [0.25, 0.3) is 0 Å². The van der Waals surface area contributed by atoms with Crippen LogP contribution in [0.15, 0.2) is 53.0 Å². The number of benzene rings is 2. The second kappa shape index (κ2) is 9.95. The van der Waals surface area contributed by atoms with Gasteiger partial charge in [-0.3, -0.25) is 9.69 Å². The Bertz CT molecular complexity index is 771. The van der Waals surface area contributed by atoms with E-state index in [1.54, 1.807) is 12.0 Å². The van der Waals surface area contributed by atoms with Gasteiger partial charge in [-0.25, -0.2) is 0 Å². The van der Waals surface area contributed by atoms with Crippen LogP contribution in [-0.2, 0) is 11.3 Å². The topological polar surface area (TPSA) is 56.6 Å². The molecule has 2 aromatic rings. The second-order valence-corrected chi connectivity index (χ2v) is 6.84. The molecule has 136 valence electrons. The van der Waals surface area contributed by atoms with E-state index < -0.39 is 0 Å². The first-order chi connectivity index (χ1) is 12.5. The van der Waals surface area contributed by atoms with Crippen molar-refractivity contribution in [2.75, 3.05) is 32.1 Å². The Labute approximate surface area is 162 Å². The molecule has 2 rings (SSSR count). The Morgan fingerprint density at radius 3 is 2.54 bits per heavy atom. The molecule has 0 N–H and O–H groups in total. The van der Waals surface area contributed by atoms with Gasteiger partial charge in [0.15, 0.2) is 0 Å². The number of nitrogens with zero attached hydrogens (tertiary/aromatic N) is 3. The van der Waals surface area contributed by atoms with E-state index in [2.05, 4.69) is 22.0 Å². The normalized spacial score (nSPS) is 10.4. The molecule has 6 heteroatoms. The van der Waals surface area contributed by atoms with Crippen molar-refractivity contribution in [2.24, 2.45) is 0 Å². The van der Waals surface area contributed by atoms with Gasteiger partial charge in [-0.1, -0.05) is 40.2 Å². The summed E-state index contributed by atoms with van der Waals surface area (Å²) < 4.78 is 6.40. The van der Waals surface area contributed by atoms with E-state index in [1.165, 1.54) is 0 Å². The van der Waals surface area contributed by atoms with Crippen LogP contribution < -0.4 is 9.64 Å². The van der Waals surface area contributed by atoms with Crippen molar-refractivity contribution in [2.45, 2.75) is 13.0 Å². The number of carbonyl (C=O) groups is 1. The summed E-state index contributed by atoms with van der Waals surface area (Å²) in [6.45, 7) is 1.25. The summed E-state index contributed by atoms with van der Waals surface area (Å²) in [5.41, 5.74) is 1.82. The molecule has 0 heterocycles. The average molecular weight is 416 g/mol. The van der Waals surface area contributed by atoms with E-state index in [1.807, 2.05) is 60.5 Å². The SMILES string of the molecule is COc1ccccc1N(CCC#N)C(=O)CN(C)Cc1ccc(Br)cc1. The number of halogens is 1. The van der Waals surface area contributed by atoms with Crippen LogP contribution in [0.5, 0.6) is 5.75 Å². The van der Waals surface area contributed by atoms with Crippen LogP contribution in [0.1, 0.15) is 12.0 Å². The zero-order valence-corrected chi connectivity index (χ0v) is 16.6. The van der Waals surface area contributed by atoms with Gasteiger partial charge in [0.2, 0.25) is 5.91 Å². The van der Waals surface area contributed by atoms with Gasteiger partial charge in [0.25, 0.3) is 0 Å². The minimum Gasteiger partial charge on any atom is -0.495 e. The van der Waals surface area contributed by atoms with E-state index in [9.17, 15) is 4.79 Å². The number of nitriles is 1. The molecule has 0 aliphatic rings. The maximum absolute atomic E-state index is 12.9. The molecular weight excluding hydrogens is 394 g/mol.